The molecule has 1 aromatic carbocycles. The Kier molecular flexibility index (Phi) is 4.08. The first-order valence-corrected chi connectivity index (χ1v) is 8.91. The Morgan fingerprint density at radius 2 is 2.33 bits per heavy atom. The van der Waals surface area contributed by atoms with E-state index in [4.69, 9.17) is 16.4 Å². The van der Waals surface area contributed by atoms with Crippen molar-refractivity contribution in [3.63, 3.8) is 0 Å². The fraction of sp³-hybridized carbons (Fsp3) is 0.588. The number of nitrogens with zero attached hydrogens (tertiary/aromatic N) is 3. The molecule has 1 heterocycles. The maximum atomic E-state index is 12.2. The summed E-state index contributed by atoms with van der Waals surface area (Å²) in [7, 11) is 0. The number of amides is 1. The van der Waals surface area contributed by atoms with E-state index < -0.39 is 0 Å². The maximum absolute atomic E-state index is 12.2. The van der Waals surface area contributed by atoms with Gasteiger partial charge in [-0.15, -0.1) is 5.10 Å². The topological polar surface area (TPSA) is 69.0 Å². The number of hydrogen-bond donors (Lipinski definition) is 1. The normalized spacial score (nSPS) is 26.7. The molecule has 6 nitrogen and oxygen atoms in total. The Hall–Kier alpha value is -1.82. The summed E-state index contributed by atoms with van der Waals surface area (Å²) in [6, 6.07) is 5.42. The molecule has 0 aliphatic heterocycles. The number of rotatable bonds is 5. The predicted molar refractivity (Wildman–Crippen MR) is 90.5 cm³/mol. The predicted octanol–water partition coefficient (Wildman–Crippen LogP) is 2.45. The van der Waals surface area contributed by atoms with Crippen molar-refractivity contribution in [2.24, 2.45) is 17.8 Å². The van der Waals surface area contributed by atoms with Gasteiger partial charge in [-0.05, 0) is 67.4 Å². The van der Waals surface area contributed by atoms with Gasteiger partial charge < -0.3 is 10.2 Å². The van der Waals surface area contributed by atoms with E-state index in [0.717, 1.165) is 11.8 Å². The molecule has 1 amide bonds. The number of hydrogen-bond acceptors (Lipinski definition) is 4. The zero-order valence-electron chi connectivity index (χ0n) is 13.6. The number of halogens is 1. The van der Waals surface area contributed by atoms with E-state index in [0.29, 0.717) is 22.0 Å². The van der Waals surface area contributed by atoms with Crippen LogP contribution in [0.15, 0.2) is 18.2 Å². The second-order valence-electron chi connectivity index (χ2n) is 7.06. The van der Waals surface area contributed by atoms with Crippen LogP contribution in [0.5, 0.6) is 0 Å². The molecule has 0 saturated heterocycles. The first kappa shape index (κ1) is 15.7. The van der Waals surface area contributed by atoms with Gasteiger partial charge in [0.15, 0.2) is 6.61 Å². The summed E-state index contributed by atoms with van der Waals surface area (Å²) in [5, 5.41) is 11.5. The number of fused-ring (bicyclic) bond motifs is 3. The third kappa shape index (κ3) is 2.95. The van der Waals surface area contributed by atoms with Crippen LogP contribution in [0.4, 0.5) is 0 Å². The maximum Gasteiger partial charge on any atom is 0.260 e. The average Bonchev–Trinajstić information content (AvgIpc) is 3.28. The van der Waals surface area contributed by atoms with Gasteiger partial charge in [-0.1, -0.05) is 22.9 Å². The second-order valence-corrected chi connectivity index (χ2v) is 7.50. The Labute approximate surface area is 145 Å². The zero-order valence-corrected chi connectivity index (χ0v) is 14.4. The van der Waals surface area contributed by atoms with Crippen molar-refractivity contribution in [1.29, 1.82) is 0 Å². The van der Waals surface area contributed by atoms with Gasteiger partial charge in [-0.3, -0.25) is 4.79 Å². The molecule has 0 radical (unpaired) electrons. The Bertz CT molecular complexity index is 762. The van der Waals surface area contributed by atoms with Crippen molar-refractivity contribution in [1.82, 2.24) is 20.5 Å². The van der Waals surface area contributed by atoms with E-state index in [-0.39, 0.29) is 18.6 Å². The minimum atomic E-state index is -0.129. The van der Waals surface area contributed by atoms with Crippen LogP contribution in [0.25, 0.3) is 11.0 Å². The molecule has 2 aliphatic carbocycles. The molecular formula is C17H21ClN4O2. The standard InChI is InChI=1S/C17H21ClN4O2/c1-10(14-7-11-2-3-12(14)6-11)19-17(23)9-24-22-16-8-13(18)4-5-15(16)20-21-22/h4-5,8,10-12,14H,2-3,6-7,9H2,1H3,(H,19,23). The fourth-order valence-electron chi connectivity index (χ4n) is 4.40. The Morgan fingerprint density at radius 1 is 1.46 bits per heavy atom. The molecule has 2 aliphatic rings. The van der Waals surface area contributed by atoms with Crippen molar-refractivity contribution in [3.8, 4) is 0 Å². The summed E-state index contributed by atoms with van der Waals surface area (Å²) in [5.74, 6) is 2.14. The highest BCUT2D eigenvalue weighted by Gasteiger charge is 2.42. The van der Waals surface area contributed by atoms with Crippen LogP contribution in [0.2, 0.25) is 5.02 Å². The van der Waals surface area contributed by atoms with Gasteiger partial charge >= 0.3 is 0 Å². The third-order valence-electron chi connectivity index (χ3n) is 5.52. The average molecular weight is 349 g/mol. The molecule has 0 spiro atoms. The van der Waals surface area contributed by atoms with Gasteiger partial charge in [0.2, 0.25) is 0 Å². The van der Waals surface area contributed by atoms with Gasteiger partial charge in [0, 0.05) is 11.1 Å². The van der Waals surface area contributed by atoms with Crippen molar-refractivity contribution in [3.05, 3.63) is 23.2 Å². The fourth-order valence-corrected chi connectivity index (χ4v) is 4.56. The van der Waals surface area contributed by atoms with Crippen LogP contribution in [0.3, 0.4) is 0 Å². The molecule has 128 valence electrons. The molecule has 4 rings (SSSR count). The minimum absolute atomic E-state index is 0.0872. The number of aromatic nitrogens is 3. The van der Waals surface area contributed by atoms with Crippen LogP contribution in [0.1, 0.15) is 32.6 Å². The van der Waals surface area contributed by atoms with Gasteiger partial charge in [0.05, 0.1) is 0 Å². The SMILES string of the molecule is CC(NC(=O)COn1nnc2ccc(Cl)cc21)C1CC2CCC1C2. The monoisotopic (exact) mass is 348 g/mol. The summed E-state index contributed by atoms with van der Waals surface area (Å²) >= 11 is 5.98. The summed E-state index contributed by atoms with van der Waals surface area (Å²) < 4.78 is 0. The molecule has 24 heavy (non-hydrogen) atoms. The second kappa shape index (κ2) is 6.24. The lowest BCUT2D eigenvalue weighted by Crippen LogP contribution is -2.43. The molecule has 1 aromatic heterocycles. The van der Waals surface area contributed by atoms with Crippen molar-refractivity contribution < 1.29 is 9.63 Å². The minimum Gasteiger partial charge on any atom is -0.385 e. The van der Waals surface area contributed by atoms with Gasteiger partial charge in [0.25, 0.3) is 5.91 Å². The summed E-state index contributed by atoms with van der Waals surface area (Å²) in [6.07, 6.45) is 5.27. The number of carbonyl (C=O) groups excluding carboxylic acids is 1. The number of carbonyl (C=O) groups is 1. The van der Waals surface area contributed by atoms with E-state index in [2.05, 4.69) is 22.6 Å². The zero-order chi connectivity index (χ0) is 16.7. The lowest BCUT2D eigenvalue weighted by Gasteiger charge is -2.28. The van der Waals surface area contributed by atoms with Crippen molar-refractivity contribution >= 4 is 28.5 Å². The van der Waals surface area contributed by atoms with Gasteiger partial charge in [-0.2, -0.15) is 0 Å². The molecular weight excluding hydrogens is 328 g/mol. The van der Waals surface area contributed by atoms with Crippen molar-refractivity contribution in [2.75, 3.05) is 6.61 Å². The number of nitrogens with one attached hydrogen (secondary N) is 1. The third-order valence-corrected chi connectivity index (χ3v) is 5.75. The first-order valence-electron chi connectivity index (χ1n) is 8.54. The molecule has 4 unspecified atom stereocenters. The van der Waals surface area contributed by atoms with Crippen molar-refractivity contribution in [2.45, 2.75) is 38.6 Å². The summed E-state index contributed by atoms with van der Waals surface area (Å²) in [5.41, 5.74) is 1.33. The highest BCUT2D eigenvalue weighted by Crippen LogP contribution is 2.49. The Morgan fingerprint density at radius 3 is 3.08 bits per heavy atom. The molecule has 7 heteroatoms. The molecule has 2 bridgehead atoms. The smallest absolute Gasteiger partial charge is 0.260 e. The Balaban J connectivity index is 1.33. The number of benzene rings is 1. The van der Waals surface area contributed by atoms with E-state index in [1.165, 1.54) is 30.5 Å². The lowest BCUT2D eigenvalue weighted by atomic mass is 9.84. The van der Waals surface area contributed by atoms with E-state index in [9.17, 15) is 4.79 Å². The molecule has 1 N–H and O–H groups in total. The molecule has 2 aromatic rings. The van der Waals surface area contributed by atoms with Crippen LogP contribution in [-0.4, -0.2) is 33.7 Å². The summed E-state index contributed by atoms with van der Waals surface area (Å²) in [6.45, 7) is 2.02. The van der Waals surface area contributed by atoms with E-state index >= 15 is 0 Å². The molecule has 2 saturated carbocycles. The van der Waals surface area contributed by atoms with Crippen LogP contribution in [0, 0.1) is 17.8 Å². The van der Waals surface area contributed by atoms with Gasteiger partial charge in [-0.25, -0.2) is 0 Å². The highest BCUT2D eigenvalue weighted by atomic mass is 35.5. The lowest BCUT2D eigenvalue weighted by molar-refractivity contribution is -0.127. The van der Waals surface area contributed by atoms with Crippen LogP contribution in [-0.2, 0) is 4.79 Å². The highest BCUT2D eigenvalue weighted by molar-refractivity contribution is 6.31. The van der Waals surface area contributed by atoms with E-state index in [1.54, 1.807) is 18.2 Å². The van der Waals surface area contributed by atoms with E-state index in [1.807, 2.05) is 0 Å². The van der Waals surface area contributed by atoms with Crippen LogP contribution < -0.4 is 10.2 Å². The summed E-state index contributed by atoms with van der Waals surface area (Å²) in [4.78, 5) is 18.9. The molecule has 4 atom stereocenters. The largest absolute Gasteiger partial charge is 0.385 e. The quantitative estimate of drug-likeness (QED) is 0.901. The van der Waals surface area contributed by atoms with Gasteiger partial charge in [0.1, 0.15) is 11.0 Å². The molecule has 2 fully saturated rings. The van der Waals surface area contributed by atoms with Crippen LogP contribution >= 0.6 is 11.6 Å². The first-order chi connectivity index (χ1) is 11.6.